The summed E-state index contributed by atoms with van der Waals surface area (Å²) in [4.78, 5) is 14.2. The lowest BCUT2D eigenvalue weighted by Crippen LogP contribution is -2.29. The highest BCUT2D eigenvalue weighted by Gasteiger charge is 2.09. The molecule has 5 heteroatoms. The van der Waals surface area contributed by atoms with Crippen molar-refractivity contribution in [2.24, 2.45) is 0 Å². The molecule has 0 N–H and O–H groups in total. The molecule has 0 atom stereocenters. The number of carbonyl (C=O) groups is 1. The Morgan fingerprint density at radius 1 is 1.64 bits per heavy atom. The molecular weight excluding hydrogens is 266 g/mol. The van der Waals surface area contributed by atoms with Crippen molar-refractivity contribution in [3.8, 4) is 0 Å². The van der Waals surface area contributed by atoms with Gasteiger partial charge in [-0.15, -0.1) is 11.3 Å². The van der Waals surface area contributed by atoms with E-state index in [4.69, 9.17) is 4.74 Å². The molecule has 0 unspecified atom stereocenters. The average Bonchev–Trinajstić information content (AvgIpc) is 2.51. The summed E-state index contributed by atoms with van der Waals surface area (Å²) in [5.41, 5.74) is 0. The number of halogens is 1. The monoisotopic (exact) mass is 277 g/mol. The van der Waals surface area contributed by atoms with Gasteiger partial charge in [0, 0.05) is 19.0 Å². The zero-order chi connectivity index (χ0) is 10.6. The smallest absolute Gasteiger partial charge is 0.248 e. The van der Waals surface area contributed by atoms with Crippen LogP contribution in [0.3, 0.4) is 0 Å². The maximum Gasteiger partial charge on any atom is 0.248 e. The molecule has 0 aromatic carbocycles. The third kappa shape index (κ3) is 3.40. The first-order valence-electron chi connectivity index (χ1n) is 4.10. The molecule has 0 aliphatic carbocycles. The number of carbonyl (C=O) groups excluding carboxylic acids is 1. The molecule has 1 heterocycles. The van der Waals surface area contributed by atoms with Gasteiger partial charge in [0.15, 0.2) is 0 Å². The summed E-state index contributed by atoms with van der Waals surface area (Å²) in [6.45, 7) is 0.779. The van der Waals surface area contributed by atoms with E-state index < -0.39 is 0 Å². The summed E-state index contributed by atoms with van der Waals surface area (Å²) < 4.78 is 5.85. The summed E-state index contributed by atoms with van der Waals surface area (Å²) in [5.74, 6) is -0.00276. The number of rotatable bonds is 4. The van der Waals surface area contributed by atoms with Crippen LogP contribution < -0.4 is 0 Å². The Hall–Kier alpha value is -0.390. The van der Waals surface area contributed by atoms with Crippen LogP contribution in [0.15, 0.2) is 15.9 Å². The van der Waals surface area contributed by atoms with E-state index >= 15 is 0 Å². The number of thiophene rings is 1. The van der Waals surface area contributed by atoms with Crippen LogP contribution in [-0.2, 0) is 16.1 Å². The van der Waals surface area contributed by atoms with Gasteiger partial charge < -0.3 is 9.64 Å². The summed E-state index contributed by atoms with van der Waals surface area (Å²) in [5, 5.41) is 0. The third-order valence-electron chi connectivity index (χ3n) is 1.72. The van der Waals surface area contributed by atoms with Gasteiger partial charge in [0.25, 0.3) is 0 Å². The minimum absolute atomic E-state index is 0.00276. The highest BCUT2D eigenvalue weighted by atomic mass is 79.9. The number of amides is 1. The standard InChI is InChI=1S/C9H12BrNO2S/c1-11(9(12)6-13-2)5-7-3-4-8(10)14-7/h3-4H,5-6H2,1-2H3. The Balaban J connectivity index is 2.48. The van der Waals surface area contributed by atoms with Crippen LogP contribution in [-0.4, -0.2) is 31.6 Å². The molecule has 0 saturated carbocycles. The highest BCUT2D eigenvalue weighted by molar-refractivity contribution is 9.11. The van der Waals surface area contributed by atoms with Crippen LogP contribution >= 0.6 is 27.3 Å². The Kier molecular flexibility index (Phi) is 4.57. The molecule has 0 aliphatic heterocycles. The van der Waals surface area contributed by atoms with Gasteiger partial charge in [-0.3, -0.25) is 4.79 Å². The number of methoxy groups -OCH3 is 1. The van der Waals surface area contributed by atoms with Gasteiger partial charge in [-0.25, -0.2) is 0 Å². The predicted molar refractivity (Wildman–Crippen MR) is 60.4 cm³/mol. The van der Waals surface area contributed by atoms with E-state index in [9.17, 15) is 4.79 Å². The van der Waals surface area contributed by atoms with Crippen LogP contribution in [0.1, 0.15) is 4.88 Å². The number of hydrogen-bond donors (Lipinski definition) is 0. The van der Waals surface area contributed by atoms with Crippen molar-refractivity contribution >= 4 is 33.2 Å². The fourth-order valence-corrected chi connectivity index (χ4v) is 2.53. The van der Waals surface area contributed by atoms with Crippen molar-refractivity contribution in [3.05, 3.63) is 20.8 Å². The Labute approximate surface area is 95.8 Å². The molecule has 1 amide bonds. The van der Waals surface area contributed by atoms with E-state index in [1.807, 2.05) is 12.1 Å². The molecule has 1 rings (SSSR count). The van der Waals surface area contributed by atoms with Crippen LogP contribution in [0.25, 0.3) is 0 Å². The van der Waals surface area contributed by atoms with Gasteiger partial charge in [-0.05, 0) is 28.1 Å². The molecule has 3 nitrogen and oxygen atoms in total. The van der Waals surface area contributed by atoms with E-state index in [1.165, 1.54) is 7.11 Å². The molecule has 0 spiro atoms. The molecule has 0 saturated heterocycles. The van der Waals surface area contributed by atoms with Gasteiger partial charge in [0.1, 0.15) is 6.61 Å². The Morgan fingerprint density at radius 3 is 2.86 bits per heavy atom. The highest BCUT2D eigenvalue weighted by Crippen LogP contribution is 2.22. The second-order valence-electron chi connectivity index (χ2n) is 2.89. The van der Waals surface area contributed by atoms with Gasteiger partial charge in [0.05, 0.1) is 10.3 Å². The van der Waals surface area contributed by atoms with E-state index in [1.54, 1.807) is 23.3 Å². The van der Waals surface area contributed by atoms with Crippen molar-refractivity contribution in [2.75, 3.05) is 20.8 Å². The van der Waals surface area contributed by atoms with E-state index in [0.29, 0.717) is 6.54 Å². The van der Waals surface area contributed by atoms with Crippen LogP contribution in [0, 0.1) is 0 Å². The normalized spacial score (nSPS) is 10.2. The molecule has 1 aromatic rings. The summed E-state index contributed by atoms with van der Waals surface area (Å²) in [7, 11) is 3.29. The van der Waals surface area contributed by atoms with Gasteiger partial charge in [0.2, 0.25) is 5.91 Å². The lowest BCUT2D eigenvalue weighted by atomic mass is 10.4. The van der Waals surface area contributed by atoms with Crippen molar-refractivity contribution in [2.45, 2.75) is 6.54 Å². The first kappa shape index (κ1) is 11.7. The average molecular weight is 278 g/mol. The van der Waals surface area contributed by atoms with Gasteiger partial charge >= 0.3 is 0 Å². The molecule has 0 radical (unpaired) electrons. The fraction of sp³-hybridized carbons (Fsp3) is 0.444. The topological polar surface area (TPSA) is 29.5 Å². The Morgan fingerprint density at radius 2 is 2.36 bits per heavy atom. The van der Waals surface area contributed by atoms with Crippen LogP contribution in [0.5, 0.6) is 0 Å². The minimum Gasteiger partial charge on any atom is -0.375 e. The lowest BCUT2D eigenvalue weighted by molar-refractivity contribution is -0.134. The maximum atomic E-state index is 11.3. The number of ether oxygens (including phenoxy) is 1. The van der Waals surface area contributed by atoms with E-state index in [-0.39, 0.29) is 12.5 Å². The Bertz CT molecular complexity index is 314. The molecule has 0 aliphatic rings. The first-order valence-corrected chi connectivity index (χ1v) is 5.71. The van der Waals surface area contributed by atoms with Crippen LogP contribution in [0.2, 0.25) is 0 Å². The molecule has 78 valence electrons. The molecular formula is C9H12BrNO2S. The minimum atomic E-state index is -0.00276. The quantitative estimate of drug-likeness (QED) is 0.844. The summed E-state index contributed by atoms with van der Waals surface area (Å²) in [6.07, 6.45) is 0. The largest absolute Gasteiger partial charge is 0.375 e. The lowest BCUT2D eigenvalue weighted by Gasteiger charge is -2.15. The van der Waals surface area contributed by atoms with Crippen LogP contribution in [0.4, 0.5) is 0 Å². The molecule has 0 bridgehead atoms. The van der Waals surface area contributed by atoms with Crippen molar-refractivity contribution in [3.63, 3.8) is 0 Å². The van der Waals surface area contributed by atoms with Crippen molar-refractivity contribution < 1.29 is 9.53 Å². The second-order valence-corrected chi connectivity index (χ2v) is 5.44. The zero-order valence-electron chi connectivity index (χ0n) is 8.12. The second kappa shape index (κ2) is 5.48. The fourth-order valence-electron chi connectivity index (χ4n) is 0.992. The summed E-state index contributed by atoms with van der Waals surface area (Å²) in [6, 6.07) is 3.99. The van der Waals surface area contributed by atoms with Gasteiger partial charge in [-0.1, -0.05) is 0 Å². The maximum absolute atomic E-state index is 11.3. The molecule has 0 fully saturated rings. The number of likely N-dealkylation sites (N-methyl/N-ethyl adjacent to an activating group) is 1. The van der Waals surface area contributed by atoms with Crippen molar-refractivity contribution in [1.82, 2.24) is 4.90 Å². The number of hydrogen-bond acceptors (Lipinski definition) is 3. The predicted octanol–water partition coefficient (Wildman–Crippen LogP) is 2.12. The van der Waals surface area contributed by atoms with Gasteiger partial charge in [-0.2, -0.15) is 0 Å². The SMILES string of the molecule is COCC(=O)N(C)Cc1ccc(Br)s1. The van der Waals surface area contributed by atoms with E-state index in [0.717, 1.165) is 8.66 Å². The zero-order valence-corrected chi connectivity index (χ0v) is 10.5. The number of nitrogens with zero attached hydrogens (tertiary/aromatic N) is 1. The molecule has 1 aromatic heterocycles. The summed E-state index contributed by atoms with van der Waals surface area (Å²) >= 11 is 5.01. The van der Waals surface area contributed by atoms with Crippen molar-refractivity contribution in [1.29, 1.82) is 0 Å². The molecule has 14 heavy (non-hydrogen) atoms. The third-order valence-corrected chi connectivity index (χ3v) is 3.32. The van der Waals surface area contributed by atoms with E-state index in [2.05, 4.69) is 15.9 Å². The first-order chi connectivity index (χ1) is 6.63.